The number of nitrogens with two attached hydrogens (primary N) is 1. The molecule has 15 heavy (non-hydrogen) atoms. The molecule has 0 atom stereocenters. The highest BCUT2D eigenvalue weighted by atomic mass is 16.4. The van der Waals surface area contributed by atoms with Gasteiger partial charge in [-0.2, -0.15) is 0 Å². The summed E-state index contributed by atoms with van der Waals surface area (Å²) >= 11 is 0. The quantitative estimate of drug-likeness (QED) is 0.721. The minimum Gasteiger partial charge on any atom is -0.408 e. The van der Waals surface area contributed by atoms with Gasteiger partial charge < -0.3 is 10.2 Å². The fourth-order valence-electron chi connectivity index (χ4n) is 1.47. The Morgan fingerprint density at radius 2 is 2.27 bits per heavy atom. The van der Waals surface area contributed by atoms with Crippen LogP contribution in [0.5, 0.6) is 0 Å². The van der Waals surface area contributed by atoms with Gasteiger partial charge in [-0.15, -0.1) is 0 Å². The number of fused-ring (bicyclic) bond motifs is 1. The molecule has 0 fully saturated rings. The summed E-state index contributed by atoms with van der Waals surface area (Å²) < 4.78 is 4.84. The van der Waals surface area contributed by atoms with Crippen molar-refractivity contribution in [3.05, 3.63) is 34.3 Å². The number of Topliss-reactive ketones (excluding diaryl/α,β-unsaturated/α-hetero) is 1. The third-order valence-corrected chi connectivity index (χ3v) is 2.13. The largest absolute Gasteiger partial charge is 0.417 e. The van der Waals surface area contributed by atoms with Crippen molar-refractivity contribution < 1.29 is 9.21 Å². The zero-order chi connectivity index (χ0) is 10.8. The third-order valence-electron chi connectivity index (χ3n) is 2.13. The highest BCUT2D eigenvalue weighted by Gasteiger charge is 2.12. The van der Waals surface area contributed by atoms with Crippen LogP contribution in [0.15, 0.2) is 27.4 Å². The number of carbonyl (C=O) groups excluding carboxylic acids is 1. The molecule has 2 rings (SSSR count). The number of rotatable bonds is 3. The molecule has 0 radical (unpaired) electrons. The molecular weight excluding hydrogens is 196 g/mol. The van der Waals surface area contributed by atoms with Crippen molar-refractivity contribution in [2.45, 2.75) is 6.42 Å². The molecule has 78 valence electrons. The average molecular weight is 206 g/mol. The number of hydrogen-bond donors (Lipinski definition) is 2. The molecule has 5 heteroatoms. The molecule has 0 aliphatic heterocycles. The number of ketones is 1. The fourth-order valence-corrected chi connectivity index (χ4v) is 1.47. The normalized spacial score (nSPS) is 10.7. The van der Waals surface area contributed by atoms with E-state index in [2.05, 4.69) is 4.98 Å². The lowest BCUT2D eigenvalue weighted by atomic mass is 10.1. The molecule has 5 nitrogen and oxygen atoms in total. The predicted molar refractivity (Wildman–Crippen MR) is 54.8 cm³/mol. The van der Waals surface area contributed by atoms with E-state index in [-0.39, 0.29) is 18.7 Å². The van der Waals surface area contributed by atoms with Crippen LogP contribution in [-0.4, -0.2) is 17.3 Å². The Labute approximate surface area is 84.9 Å². The van der Waals surface area contributed by atoms with Crippen LogP contribution in [0.4, 0.5) is 0 Å². The van der Waals surface area contributed by atoms with Gasteiger partial charge in [-0.3, -0.25) is 9.78 Å². The lowest BCUT2D eigenvalue weighted by Crippen LogP contribution is -2.08. The maximum atomic E-state index is 11.6. The number of aromatic nitrogens is 1. The van der Waals surface area contributed by atoms with Crippen LogP contribution < -0.4 is 11.5 Å². The molecule has 1 aromatic heterocycles. The van der Waals surface area contributed by atoms with E-state index in [4.69, 9.17) is 10.2 Å². The second-order valence-electron chi connectivity index (χ2n) is 3.16. The maximum absolute atomic E-state index is 11.6. The number of aromatic amines is 1. The van der Waals surface area contributed by atoms with E-state index in [9.17, 15) is 9.59 Å². The van der Waals surface area contributed by atoms with Crippen LogP contribution >= 0.6 is 0 Å². The molecular formula is C10H10N2O3. The van der Waals surface area contributed by atoms with Gasteiger partial charge >= 0.3 is 5.76 Å². The number of oxazole rings is 1. The summed E-state index contributed by atoms with van der Waals surface area (Å²) in [5.74, 6) is -0.654. The second-order valence-corrected chi connectivity index (χ2v) is 3.16. The Morgan fingerprint density at radius 3 is 3.00 bits per heavy atom. The monoisotopic (exact) mass is 206 g/mol. The first-order valence-corrected chi connectivity index (χ1v) is 4.57. The molecule has 0 saturated carbocycles. The first kappa shape index (κ1) is 9.67. The topological polar surface area (TPSA) is 89.1 Å². The van der Waals surface area contributed by atoms with Gasteiger partial charge in [0.25, 0.3) is 0 Å². The summed E-state index contributed by atoms with van der Waals surface area (Å²) in [7, 11) is 0. The van der Waals surface area contributed by atoms with Crippen molar-refractivity contribution in [2.24, 2.45) is 5.73 Å². The summed E-state index contributed by atoms with van der Waals surface area (Å²) in [5, 5.41) is 0. The van der Waals surface area contributed by atoms with Crippen molar-refractivity contribution in [3.63, 3.8) is 0 Å². The van der Waals surface area contributed by atoms with Crippen LogP contribution in [0.1, 0.15) is 16.8 Å². The van der Waals surface area contributed by atoms with Gasteiger partial charge in [-0.1, -0.05) is 6.07 Å². The van der Waals surface area contributed by atoms with Crippen molar-refractivity contribution in [3.8, 4) is 0 Å². The van der Waals surface area contributed by atoms with Crippen molar-refractivity contribution in [1.29, 1.82) is 0 Å². The predicted octanol–water partition coefficient (Wildman–Crippen LogP) is 0.653. The third kappa shape index (κ3) is 1.69. The maximum Gasteiger partial charge on any atom is 0.417 e. The minimum atomic E-state index is -0.557. The van der Waals surface area contributed by atoms with E-state index in [1.807, 2.05) is 0 Å². The van der Waals surface area contributed by atoms with Crippen LogP contribution in [0.25, 0.3) is 11.1 Å². The highest BCUT2D eigenvalue weighted by Crippen LogP contribution is 2.16. The number of nitrogens with one attached hydrogen (secondary N) is 1. The SMILES string of the molecule is NCCC(=O)c1cccc2oc(=O)[nH]c12. The van der Waals surface area contributed by atoms with Gasteiger partial charge in [0, 0.05) is 12.0 Å². The highest BCUT2D eigenvalue weighted by molar-refractivity contribution is 6.05. The fraction of sp³-hybridized carbons (Fsp3) is 0.200. The van der Waals surface area contributed by atoms with E-state index >= 15 is 0 Å². The molecule has 1 aromatic carbocycles. The van der Waals surface area contributed by atoms with E-state index in [0.29, 0.717) is 16.7 Å². The van der Waals surface area contributed by atoms with E-state index in [1.54, 1.807) is 18.2 Å². The van der Waals surface area contributed by atoms with Crippen molar-refractivity contribution >= 4 is 16.9 Å². The smallest absolute Gasteiger partial charge is 0.408 e. The Balaban J connectivity index is 2.60. The Hall–Kier alpha value is -1.88. The van der Waals surface area contributed by atoms with Gasteiger partial charge in [0.05, 0.1) is 5.52 Å². The zero-order valence-electron chi connectivity index (χ0n) is 7.95. The summed E-state index contributed by atoms with van der Waals surface area (Å²) in [6, 6.07) is 4.95. The standard InChI is InChI=1S/C10H10N2O3/c11-5-4-7(13)6-2-1-3-8-9(6)12-10(14)15-8/h1-3H,4-5,11H2,(H,12,14). The van der Waals surface area contributed by atoms with Crippen LogP contribution in [-0.2, 0) is 0 Å². The summed E-state index contributed by atoms with van der Waals surface area (Å²) in [6.07, 6.45) is 0.256. The molecule has 3 N–H and O–H groups in total. The molecule has 0 aliphatic carbocycles. The Morgan fingerprint density at radius 1 is 1.47 bits per heavy atom. The van der Waals surface area contributed by atoms with E-state index in [0.717, 1.165) is 0 Å². The molecule has 0 spiro atoms. The van der Waals surface area contributed by atoms with Crippen molar-refractivity contribution in [1.82, 2.24) is 4.98 Å². The molecule has 0 saturated heterocycles. The lowest BCUT2D eigenvalue weighted by Gasteiger charge is -1.98. The molecule has 1 heterocycles. The zero-order valence-corrected chi connectivity index (χ0v) is 7.95. The van der Waals surface area contributed by atoms with Gasteiger partial charge in [-0.05, 0) is 18.7 Å². The van der Waals surface area contributed by atoms with Crippen LogP contribution in [0.3, 0.4) is 0 Å². The van der Waals surface area contributed by atoms with Crippen molar-refractivity contribution in [2.75, 3.05) is 6.54 Å². The summed E-state index contributed by atoms with van der Waals surface area (Å²) in [6.45, 7) is 0.289. The molecule has 0 amide bonds. The summed E-state index contributed by atoms with van der Waals surface area (Å²) in [5.41, 5.74) is 6.58. The van der Waals surface area contributed by atoms with Gasteiger partial charge in [0.1, 0.15) is 0 Å². The number of para-hydroxylation sites is 1. The number of benzene rings is 1. The number of hydrogen-bond acceptors (Lipinski definition) is 4. The van der Waals surface area contributed by atoms with Gasteiger partial charge in [0.2, 0.25) is 0 Å². The van der Waals surface area contributed by atoms with E-state index < -0.39 is 5.76 Å². The number of carbonyl (C=O) groups is 1. The number of H-pyrrole nitrogens is 1. The first-order chi connectivity index (χ1) is 7.22. The lowest BCUT2D eigenvalue weighted by molar-refractivity contribution is 0.0987. The first-order valence-electron chi connectivity index (χ1n) is 4.57. The van der Waals surface area contributed by atoms with Gasteiger partial charge in [-0.25, -0.2) is 4.79 Å². The average Bonchev–Trinajstić information content (AvgIpc) is 2.57. The molecule has 0 aliphatic rings. The van der Waals surface area contributed by atoms with Crippen LogP contribution in [0, 0.1) is 0 Å². The molecule has 2 aromatic rings. The summed E-state index contributed by atoms with van der Waals surface area (Å²) in [4.78, 5) is 25.1. The Kier molecular flexibility index (Phi) is 2.39. The minimum absolute atomic E-state index is 0.0971. The molecule has 0 unspecified atom stereocenters. The molecule has 0 bridgehead atoms. The van der Waals surface area contributed by atoms with Gasteiger partial charge in [0.15, 0.2) is 11.4 Å². The second kappa shape index (κ2) is 3.70. The Bertz CT molecular complexity index is 553. The van der Waals surface area contributed by atoms with Crippen LogP contribution in [0.2, 0.25) is 0 Å². The van der Waals surface area contributed by atoms with E-state index in [1.165, 1.54) is 0 Å².